The summed E-state index contributed by atoms with van der Waals surface area (Å²) in [4.78, 5) is 2.61. The Balaban J connectivity index is 1.31. The van der Waals surface area contributed by atoms with Gasteiger partial charge in [0, 0.05) is 31.2 Å². The van der Waals surface area contributed by atoms with Gasteiger partial charge >= 0.3 is 0 Å². The van der Waals surface area contributed by atoms with Crippen molar-refractivity contribution in [2.45, 2.75) is 63.7 Å². The molecule has 0 radical (unpaired) electrons. The molecule has 0 bridgehead atoms. The van der Waals surface area contributed by atoms with Crippen LogP contribution in [0.25, 0.3) is 0 Å². The van der Waals surface area contributed by atoms with Crippen LogP contribution in [-0.2, 0) is 13.1 Å². The van der Waals surface area contributed by atoms with Crippen molar-refractivity contribution in [3.05, 3.63) is 17.5 Å². The zero-order valence-electron chi connectivity index (χ0n) is 11.5. The van der Waals surface area contributed by atoms with Crippen molar-refractivity contribution in [3.8, 4) is 0 Å². The SMILES string of the molecule is c1c(CNC2CC2)noc1CN(CC1CC1)C1CC1. The summed E-state index contributed by atoms with van der Waals surface area (Å²) in [6.45, 7) is 3.08. The first kappa shape index (κ1) is 11.9. The zero-order valence-corrected chi connectivity index (χ0v) is 11.5. The Morgan fingerprint density at radius 1 is 1.21 bits per heavy atom. The molecule has 104 valence electrons. The molecular formula is C15H23N3O. The smallest absolute Gasteiger partial charge is 0.151 e. The Hall–Kier alpha value is -0.870. The van der Waals surface area contributed by atoms with Crippen LogP contribution in [0.5, 0.6) is 0 Å². The van der Waals surface area contributed by atoms with Gasteiger partial charge in [-0.05, 0) is 44.4 Å². The summed E-state index contributed by atoms with van der Waals surface area (Å²) in [6, 6.07) is 3.69. The molecule has 1 N–H and O–H groups in total. The van der Waals surface area contributed by atoms with Crippen LogP contribution in [0.2, 0.25) is 0 Å². The van der Waals surface area contributed by atoms with Crippen LogP contribution in [0.1, 0.15) is 50.0 Å². The molecule has 4 nitrogen and oxygen atoms in total. The van der Waals surface area contributed by atoms with Crippen molar-refractivity contribution in [1.29, 1.82) is 0 Å². The van der Waals surface area contributed by atoms with E-state index in [4.69, 9.17) is 4.52 Å². The van der Waals surface area contributed by atoms with Gasteiger partial charge in [0.2, 0.25) is 0 Å². The number of nitrogens with one attached hydrogen (secondary N) is 1. The second-order valence-electron chi connectivity index (χ2n) is 6.54. The number of aromatic nitrogens is 1. The van der Waals surface area contributed by atoms with Gasteiger partial charge in [-0.1, -0.05) is 5.16 Å². The lowest BCUT2D eigenvalue weighted by Gasteiger charge is -2.19. The number of rotatable bonds is 8. The van der Waals surface area contributed by atoms with E-state index in [9.17, 15) is 0 Å². The molecule has 3 aliphatic rings. The number of nitrogens with zero attached hydrogens (tertiary/aromatic N) is 2. The van der Waals surface area contributed by atoms with E-state index in [0.29, 0.717) is 0 Å². The fourth-order valence-electron chi connectivity index (χ4n) is 2.66. The van der Waals surface area contributed by atoms with E-state index < -0.39 is 0 Å². The Bertz CT molecular complexity index is 432. The standard InChI is InChI=1S/C15H23N3O/c1-2-11(1)9-18(14-5-6-14)10-15-7-13(17-19-15)8-16-12-3-4-12/h7,11-12,14,16H,1-6,8-10H2. The van der Waals surface area contributed by atoms with Crippen LogP contribution in [0.3, 0.4) is 0 Å². The first-order valence-electron chi connectivity index (χ1n) is 7.79. The van der Waals surface area contributed by atoms with Crippen LogP contribution < -0.4 is 5.32 Å². The van der Waals surface area contributed by atoms with Gasteiger partial charge in [0.15, 0.2) is 5.76 Å². The predicted molar refractivity (Wildman–Crippen MR) is 72.5 cm³/mol. The maximum absolute atomic E-state index is 5.50. The lowest BCUT2D eigenvalue weighted by molar-refractivity contribution is 0.213. The average Bonchev–Trinajstić information content (AvgIpc) is 3.22. The molecule has 1 aromatic rings. The quantitative estimate of drug-likeness (QED) is 0.779. The molecule has 3 saturated carbocycles. The molecule has 3 fully saturated rings. The molecule has 0 amide bonds. The number of hydrogen-bond acceptors (Lipinski definition) is 4. The van der Waals surface area contributed by atoms with Gasteiger partial charge in [-0.2, -0.15) is 0 Å². The van der Waals surface area contributed by atoms with E-state index in [0.717, 1.165) is 42.5 Å². The highest BCUT2D eigenvalue weighted by Crippen LogP contribution is 2.35. The summed E-state index contributed by atoms with van der Waals surface area (Å²) in [7, 11) is 0. The van der Waals surface area contributed by atoms with Crippen molar-refractivity contribution >= 4 is 0 Å². The molecule has 4 heteroatoms. The lowest BCUT2D eigenvalue weighted by atomic mass is 10.3. The Morgan fingerprint density at radius 3 is 2.74 bits per heavy atom. The summed E-state index contributed by atoms with van der Waals surface area (Å²) in [6.07, 6.45) is 8.24. The first-order valence-corrected chi connectivity index (χ1v) is 7.79. The third-order valence-electron chi connectivity index (χ3n) is 4.37. The zero-order chi connectivity index (χ0) is 12.7. The maximum Gasteiger partial charge on any atom is 0.151 e. The largest absolute Gasteiger partial charge is 0.360 e. The van der Waals surface area contributed by atoms with Gasteiger partial charge in [0.25, 0.3) is 0 Å². The maximum atomic E-state index is 5.50. The molecule has 0 unspecified atom stereocenters. The summed E-state index contributed by atoms with van der Waals surface area (Å²) < 4.78 is 5.50. The van der Waals surface area contributed by atoms with Crippen LogP contribution in [-0.4, -0.2) is 28.7 Å². The fraction of sp³-hybridized carbons (Fsp3) is 0.800. The second kappa shape index (κ2) is 4.91. The lowest BCUT2D eigenvalue weighted by Crippen LogP contribution is -2.27. The van der Waals surface area contributed by atoms with E-state index in [1.807, 2.05) is 0 Å². The Morgan fingerprint density at radius 2 is 2.05 bits per heavy atom. The molecule has 3 aliphatic carbocycles. The van der Waals surface area contributed by atoms with Gasteiger partial charge < -0.3 is 9.84 Å². The van der Waals surface area contributed by atoms with Gasteiger partial charge in [-0.3, -0.25) is 4.90 Å². The summed E-state index contributed by atoms with van der Waals surface area (Å²) in [5.74, 6) is 2.00. The minimum absolute atomic E-state index is 0.734. The Kier molecular flexibility index (Phi) is 3.08. The molecule has 19 heavy (non-hydrogen) atoms. The van der Waals surface area contributed by atoms with Gasteiger partial charge in [0.05, 0.1) is 12.2 Å². The molecule has 0 spiro atoms. The Labute approximate surface area is 114 Å². The predicted octanol–water partition coefficient (Wildman–Crippen LogP) is 2.30. The van der Waals surface area contributed by atoms with Crippen molar-refractivity contribution in [2.24, 2.45) is 5.92 Å². The van der Waals surface area contributed by atoms with Gasteiger partial charge in [-0.15, -0.1) is 0 Å². The fourth-order valence-corrected chi connectivity index (χ4v) is 2.66. The van der Waals surface area contributed by atoms with Crippen molar-refractivity contribution in [3.63, 3.8) is 0 Å². The van der Waals surface area contributed by atoms with Crippen LogP contribution in [0.4, 0.5) is 0 Å². The minimum atomic E-state index is 0.734. The topological polar surface area (TPSA) is 41.3 Å². The van der Waals surface area contributed by atoms with Gasteiger partial charge in [0.1, 0.15) is 0 Å². The number of hydrogen-bond donors (Lipinski definition) is 1. The third kappa shape index (κ3) is 3.37. The second-order valence-corrected chi connectivity index (χ2v) is 6.54. The summed E-state index contributed by atoms with van der Waals surface area (Å²) >= 11 is 0. The van der Waals surface area contributed by atoms with Crippen molar-refractivity contribution in [1.82, 2.24) is 15.4 Å². The molecule has 0 atom stereocenters. The highest BCUT2D eigenvalue weighted by Gasteiger charge is 2.34. The summed E-state index contributed by atoms with van der Waals surface area (Å²) in [5, 5.41) is 7.66. The minimum Gasteiger partial charge on any atom is -0.360 e. The highest BCUT2D eigenvalue weighted by molar-refractivity contribution is 5.06. The highest BCUT2D eigenvalue weighted by atomic mass is 16.5. The average molecular weight is 261 g/mol. The van der Waals surface area contributed by atoms with E-state index >= 15 is 0 Å². The van der Waals surface area contributed by atoms with E-state index in [1.165, 1.54) is 45.1 Å². The molecule has 0 aliphatic heterocycles. The molecule has 0 aromatic carbocycles. The van der Waals surface area contributed by atoms with E-state index in [2.05, 4.69) is 21.4 Å². The van der Waals surface area contributed by atoms with Crippen LogP contribution in [0.15, 0.2) is 10.6 Å². The normalized spacial score (nSPS) is 23.2. The first-order chi connectivity index (χ1) is 9.37. The third-order valence-corrected chi connectivity index (χ3v) is 4.37. The van der Waals surface area contributed by atoms with Crippen molar-refractivity contribution in [2.75, 3.05) is 6.54 Å². The molecule has 0 saturated heterocycles. The van der Waals surface area contributed by atoms with E-state index in [-0.39, 0.29) is 0 Å². The molecule has 1 heterocycles. The monoisotopic (exact) mass is 261 g/mol. The van der Waals surface area contributed by atoms with E-state index in [1.54, 1.807) is 0 Å². The van der Waals surface area contributed by atoms with Crippen LogP contribution >= 0.6 is 0 Å². The van der Waals surface area contributed by atoms with Crippen LogP contribution in [0, 0.1) is 5.92 Å². The van der Waals surface area contributed by atoms with Gasteiger partial charge in [-0.25, -0.2) is 0 Å². The molecular weight excluding hydrogens is 238 g/mol. The summed E-state index contributed by atoms with van der Waals surface area (Å²) in [5.41, 5.74) is 1.06. The molecule has 1 aromatic heterocycles. The molecule has 4 rings (SSSR count). The van der Waals surface area contributed by atoms with Crippen molar-refractivity contribution < 1.29 is 4.52 Å².